The largest absolute Gasteiger partial charge is 0.378 e. The molecule has 1 aliphatic rings. The highest BCUT2D eigenvalue weighted by Gasteiger charge is 2.23. The quantitative estimate of drug-likeness (QED) is 0.548. The summed E-state index contributed by atoms with van der Waals surface area (Å²) in [6.07, 6.45) is 4.01. The van der Waals surface area contributed by atoms with Crippen LogP contribution in [0, 0.1) is 0 Å². The summed E-state index contributed by atoms with van der Waals surface area (Å²) >= 11 is 0. The molecule has 0 spiro atoms. The Morgan fingerprint density at radius 1 is 1.14 bits per heavy atom. The van der Waals surface area contributed by atoms with Crippen LogP contribution in [-0.4, -0.2) is 35.4 Å². The van der Waals surface area contributed by atoms with Gasteiger partial charge in [0.25, 0.3) is 0 Å². The van der Waals surface area contributed by atoms with Crippen LogP contribution in [0.3, 0.4) is 0 Å². The molecule has 0 saturated carbocycles. The number of hydrogen-bond donors (Lipinski definition) is 1. The Bertz CT molecular complexity index is 1100. The van der Waals surface area contributed by atoms with Crippen LogP contribution in [-0.2, 0) is 4.74 Å². The van der Waals surface area contributed by atoms with Crippen LogP contribution >= 0.6 is 12.4 Å². The van der Waals surface area contributed by atoms with Crippen LogP contribution in [0.15, 0.2) is 67.0 Å². The van der Waals surface area contributed by atoms with Gasteiger partial charge >= 0.3 is 0 Å². The molecular weight excluding hydrogens is 370 g/mol. The molecule has 1 saturated heterocycles. The van der Waals surface area contributed by atoms with E-state index >= 15 is 0 Å². The molecule has 3 heterocycles. The third kappa shape index (κ3) is 3.28. The lowest BCUT2D eigenvalue weighted by Crippen LogP contribution is -2.44. The van der Waals surface area contributed by atoms with Crippen molar-refractivity contribution in [3.63, 3.8) is 0 Å². The van der Waals surface area contributed by atoms with Crippen molar-refractivity contribution < 1.29 is 4.74 Å². The minimum atomic E-state index is 0. The predicted octanol–water partition coefficient (Wildman–Crippen LogP) is 4.69. The highest BCUT2D eigenvalue weighted by molar-refractivity contribution is 5.87. The van der Waals surface area contributed by atoms with Crippen LogP contribution in [0.1, 0.15) is 18.4 Å². The molecule has 4 aromatic rings. The van der Waals surface area contributed by atoms with Gasteiger partial charge in [0, 0.05) is 41.4 Å². The average Bonchev–Trinajstić information content (AvgIpc) is 3.18. The number of pyridine rings is 1. The highest BCUT2D eigenvalue weighted by atomic mass is 35.5. The van der Waals surface area contributed by atoms with Crippen LogP contribution in [0.4, 0.5) is 0 Å². The molecule has 0 aliphatic carbocycles. The molecule has 0 bridgehead atoms. The number of fused-ring (bicyclic) bond motifs is 2. The summed E-state index contributed by atoms with van der Waals surface area (Å²) in [7, 11) is 0. The summed E-state index contributed by atoms with van der Waals surface area (Å²) in [6, 6.07) is 19.7. The van der Waals surface area contributed by atoms with E-state index in [9.17, 15) is 0 Å². The van der Waals surface area contributed by atoms with Gasteiger partial charge in [0.15, 0.2) is 0 Å². The van der Waals surface area contributed by atoms with E-state index in [1.165, 1.54) is 16.5 Å². The number of nitrogens with one attached hydrogen (secondary N) is 1. The summed E-state index contributed by atoms with van der Waals surface area (Å²) in [5, 5.41) is 6.07. The lowest BCUT2D eigenvalue weighted by Gasteiger charge is -2.29. The molecule has 2 atom stereocenters. The first-order valence-corrected chi connectivity index (χ1v) is 9.57. The van der Waals surface area contributed by atoms with Crippen molar-refractivity contribution >= 4 is 34.2 Å². The van der Waals surface area contributed by atoms with Gasteiger partial charge in [0.05, 0.1) is 24.2 Å². The third-order valence-corrected chi connectivity index (χ3v) is 5.68. The lowest BCUT2D eigenvalue weighted by atomic mass is 9.91. The Balaban J connectivity index is 0.00000192. The summed E-state index contributed by atoms with van der Waals surface area (Å²) in [4.78, 5) is 4.43. The molecular formula is C23H24ClN3O. The van der Waals surface area contributed by atoms with E-state index in [-0.39, 0.29) is 12.4 Å². The van der Waals surface area contributed by atoms with Gasteiger partial charge in [-0.3, -0.25) is 4.98 Å². The maximum absolute atomic E-state index is 5.68. The summed E-state index contributed by atoms with van der Waals surface area (Å²) in [5.41, 5.74) is 4.79. The summed E-state index contributed by atoms with van der Waals surface area (Å²) in [5.74, 6) is 0.394. The Morgan fingerprint density at radius 2 is 2.07 bits per heavy atom. The molecule has 1 aliphatic heterocycles. The van der Waals surface area contributed by atoms with Gasteiger partial charge in [0.2, 0.25) is 0 Å². The first-order chi connectivity index (χ1) is 13.3. The van der Waals surface area contributed by atoms with Gasteiger partial charge in [-0.2, -0.15) is 0 Å². The molecule has 5 rings (SSSR count). The molecule has 2 unspecified atom stereocenters. The number of aromatic nitrogens is 2. The van der Waals surface area contributed by atoms with E-state index in [1.807, 2.05) is 12.3 Å². The predicted molar refractivity (Wildman–Crippen MR) is 117 cm³/mol. The number of hydrogen-bond acceptors (Lipinski definition) is 3. The molecule has 5 heteroatoms. The second-order valence-corrected chi connectivity index (χ2v) is 7.27. The Hall–Kier alpha value is -2.40. The fraction of sp³-hybridized carbons (Fsp3) is 0.261. The molecule has 2 aromatic carbocycles. The van der Waals surface area contributed by atoms with E-state index in [1.54, 1.807) is 0 Å². The van der Waals surface area contributed by atoms with Crippen molar-refractivity contribution in [3.8, 4) is 5.69 Å². The summed E-state index contributed by atoms with van der Waals surface area (Å²) < 4.78 is 7.95. The van der Waals surface area contributed by atoms with Crippen molar-refractivity contribution in [1.82, 2.24) is 14.9 Å². The van der Waals surface area contributed by atoms with E-state index in [4.69, 9.17) is 4.74 Å². The molecule has 2 aromatic heterocycles. The van der Waals surface area contributed by atoms with Crippen molar-refractivity contribution in [3.05, 3.63) is 72.6 Å². The fourth-order valence-electron chi connectivity index (χ4n) is 4.15. The summed E-state index contributed by atoms with van der Waals surface area (Å²) in [6.45, 7) is 4.80. The molecule has 144 valence electrons. The number of rotatable bonds is 3. The molecule has 4 nitrogen and oxygen atoms in total. The van der Waals surface area contributed by atoms with E-state index < -0.39 is 0 Å². The van der Waals surface area contributed by atoms with Gasteiger partial charge in [-0.25, -0.2) is 0 Å². The lowest BCUT2D eigenvalue weighted by molar-refractivity contribution is 0.0699. The number of ether oxygens (including phenoxy) is 1. The Kier molecular flexibility index (Phi) is 5.36. The Labute approximate surface area is 170 Å². The van der Waals surface area contributed by atoms with Gasteiger partial charge in [-0.1, -0.05) is 25.1 Å². The zero-order valence-corrected chi connectivity index (χ0v) is 16.7. The van der Waals surface area contributed by atoms with Crippen LogP contribution in [0.5, 0.6) is 0 Å². The van der Waals surface area contributed by atoms with Crippen molar-refractivity contribution in [2.45, 2.75) is 18.9 Å². The van der Waals surface area contributed by atoms with Crippen molar-refractivity contribution in [2.24, 2.45) is 0 Å². The number of benzene rings is 2. The third-order valence-electron chi connectivity index (χ3n) is 5.68. The second-order valence-electron chi connectivity index (χ2n) is 7.27. The van der Waals surface area contributed by atoms with Gasteiger partial charge in [-0.15, -0.1) is 12.4 Å². The van der Waals surface area contributed by atoms with Crippen molar-refractivity contribution in [1.29, 1.82) is 0 Å². The standard InChI is InChI=1S/C23H23N3O.ClH/c1-16(22-15-27-13-11-25-22)19-5-2-6-23-20(19)9-12-26(23)18-7-8-21-17(14-18)4-3-10-24-21;/h2-10,12,14,16,22,25H,11,13,15H2,1H3;1H. The topological polar surface area (TPSA) is 39.1 Å². The highest BCUT2D eigenvalue weighted by Crippen LogP contribution is 2.31. The monoisotopic (exact) mass is 393 g/mol. The maximum Gasteiger partial charge on any atom is 0.0703 e. The molecule has 0 radical (unpaired) electrons. The van der Waals surface area contributed by atoms with Crippen LogP contribution < -0.4 is 5.32 Å². The van der Waals surface area contributed by atoms with E-state index in [2.05, 4.69) is 76.5 Å². The molecule has 28 heavy (non-hydrogen) atoms. The number of morpholine rings is 1. The normalized spacial score (nSPS) is 18.1. The van der Waals surface area contributed by atoms with Gasteiger partial charge in [-0.05, 0) is 47.9 Å². The van der Waals surface area contributed by atoms with Crippen LogP contribution in [0.25, 0.3) is 27.5 Å². The number of nitrogens with zero attached hydrogens (tertiary/aromatic N) is 2. The first kappa shape index (κ1) is 18.9. The SMILES string of the molecule is CC(c1cccc2c1ccn2-c1ccc2ncccc2c1)C1COCCN1.Cl. The van der Waals surface area contributed by atoms with Crippen molar-refractivity contribution in [2.75, 3.05) is 19.8 Å². The average molecular weight is 394 g/mol. The van der Waals surface area contributed by atoms with Crippen LogP contribution in [0.2, 0.25) is 0 Å². The second kappa shape index (κ2) is 7.92. The van der Waals surface area contributed by atoms with Gasteiger partial charge < -0.3 is 14.6 Å². The van der Waals surface area contributed by atoms with Gasteiger partial charge in [0.1, 0.15) is 0 Å². The molecule has 1 fully saturated rings. The van der Waals surface area contributed by atoms with E-state index in [0.29, 0.717) is 12.0 Å². The maximum atomic E-state index is 5.68. The zero-order valence-electron chi connectivity index (χ0n) is 15.8. The molecule has 0 amide bonds. The fourth-order valence-corrected chi connectivity index (χ4v) is 4.15. The number of halogens is 1. The first-order valence-electron chi connectivity index (χ1n) is 9.57. The van der Waals surface area contributed by atoms with E-state index in [0.717, 1.165) is 36.3 Å². The Morgan fingerprint density at radius 3 is 2.93 bits per heavy atom. The smallest absolute Gasteiger partial charge is 0.0703 e. The zero-order chi connectivity index (χ0) is 18.2. The minimum absolute atomic E-state index is 0. The minimum Gasteiger partial charge on any atom is -0.378 e. The molecule has 1 N–H and O–H groups in total.